The van der Waals surface area contributed by atoms with Gasteiger partial charge in [0.2, 0.25) is 0 Å². The Kier molecular flexibility index (Phi) is 7.19. The van der Waals surface area contributed by atoms with Gasteiger partial charge in [-0.25, -0.2) is 9.59 Å². The number of aliphatic hydroxyl groups excluding tert-OH is 1. The molecule has 7 nitrogen and oxygen atoms in total. The quantitative estimate of drug-likeness (QED) is 0.334. The summed E-state index contributed by atoms with van der Waals surface area (Å²) < 4.78 is 16.4. The van der Waals surface area contributed by atoms with Crippen molar-refractivity contribution < 1.29 is 33.7 Å². The van der Waals surface area contributed by atoms with Gasteiger partial charge in [-0.1, -0.05) is 18.7 Å². The van der Waals surface area contributed by atoms with E-state index >= 15 is 0 Å². The molecule has 1 aliphatic carbocycles. The van der Waals surface area contributed by atoms with E-state index in [0.29, 0.717) is 23.1 Å². The van der Waals surface area contributed by atoms with Crippen molar-refractivity contribution >= 4 is 17.9 Å². The van der Waals surface area contributed by atoms with E-state index < -0.39 is 48.2 Å². The molecule has 0 aromatic rings. The number of carbonyl (C=O) groups is 3. The molecule has 0 aromatic carbocycles. The van der Waals surface area contributed by atoms with Gasteiger partial charge in [-0.3, -0.25) is 4.79 Å². The Bertz CT molecular complexity index is 802. The average molecular weight is 404 g/mol. The Morgan fingerprint density at radius 3 is 2.48 bits per heavy atom. The van der Waals surface area contributed by atoms with Crippen LogP contribution in [0.4, 0.5) is 0 Å². The maximum atomic E-state index is 12.4. The standard InChI is InChI=1S/C22H28O7/c1-7-11(2)21(25)29-20-18-14(5)22(26)28-17(18)10-13(4)16(27-15(6)23)9-8-12(3)19(20)24/h7-8,10,16-20,24H,5,9H2,1-4,6H3/b11-7-,12-8-,13-10-/t16-,17+,18-,19+,20-/m0/s1. The Morgan fingerprint density at radius 2 is 1.90 bits per heavy atom. The Balaban J connectivity index is 2.52. The first-order chi connectivity index (χ1) is 13.6. The van der Waals surface area contributed by atoms with E-state index in [1.807, 2.05) is 0 Å². The van der Waals surface area contributed by atoms with Gasteiger partial charge < -0.3 is 19.3 Å². The molecule has 5 atom stereocenters. The number of aliphatic hydroxyl groups is 1. The Hall–Kier alpha value is -2.67. The number of allylic oxidation sites excluding steroid dienone is 1. The molecule has 7 heteroatoms. The van der Waals surface area contributed by atoms with E-state index in [0.717, 1.165) is 0 Å². The van der Waals surface area contributed by atoms with Gasteiger partial charge in [-0.05, 0) is 44.9 Å². The normalized spacial score (nSPS) is 34.1. The summed E-state index contributed by atoms with van der Waals surface area (Å²) in [7, 11) is 0. The molecular weight excluding hydrogens is 376 g/mol. The molecule has 0 bridgehead atoms. The zero-order chi connectivity index (χ0) is 21.9. The first kappa shape index (κ1) is 22.6. The summed E-state index contributed by atoms with van der Waals surface area (Å²) in [5.74, 6) is -2.43. The van der Waals surface area contributed by atoms with Crippen molar-refractivity contribution in [2.75, 3.05) is 0 Å². The van der Waals surface area contributed by atoms with Crippen molar-refractivity contribution in [1.29, 1.82) is 0 Å². The van der Waals surface area contributed by atoms with Gasteiger partial charge in [0.05, 0.1) is 5.92 Å². The number of hydrogen-bond acceptors (Lipinski definition) is 7. The van der Waals surface area contributed by atoms with Gasteiger partial charge in [0.15, 0.2) is 0 Å². The highest BCUT2D eigenvalue weighted by Gasteiger charge is 2.47. The molecule has 1 fully saturated rings. The summed E-state index contributed by atoms with van der Waals surface area (Å²) in [6.45, 7) is 11.9. The second-order valence-corrected chi connectivity index (χ2v) is 7.40. The topological polar surface area (TPSA) is 99.1 Å². The third-order valence-corrected chi connectivity index (χ3v) is 5.29. The fourth-order valence-electron chi connectivity index (χ4n) is 3.36. The molecular formula is C22H28O7. The third-order valence-electron chi connectivity index (χ3n) is 5.29. The number of carbonyl (C=O) groups excluding carboxylic acids is 3. The number of esters is 3. The lowest BCUT2D eigenvalue weighted by molar-refractivity contribution is -0.153. The lowest BCUT2D eigenvalue weighted by Gasteiger charge is -2.32. The molecule has 2 aliphatic rings. The van der Waals surface area contributed by atoms with E-state index in [4.69, 9.17) is 14.2 Å². The summed E-state index contributed by atoms with van der Waals surface area (Å²) in [4.78, 5) is 36.1. The van der Waals surface area contributed by atoms with Crippen LogP contribution in [0.15, 0.2) is 47.1 Å². The number of fused-ring (bicyclic) bond motifs is 1. The second-order valence-electron chi connectivity index (χ2n) is 7.40. The van der Waals surface area contributed by atoms with Crippen molar-refractivity contribution in [2.45, 2.75) is 65.5 Å². The molecule has 0 aromatic heterocycles. The van der Waals surface area contributed by atoms with Gasteiger partial charge in [-0.2, -0.15) is 0 Å². The predicted molar refractivity (Wildman–Crippen MR) is 106 cm³/mol. The molecule has 0 radical (unpaired) electrons. The van der Waals surface area contributed by atoms with Crippen LogP contribution in [0.3, 0.4) is 0 Å². The van der Waals surface area contributed by atoms with Gasteiger partial charge in [0.1, 0.15) is 24.4 Å². The highest BCUT2D eigenvalue weighted by molar-refractivity contribution is 5.92. The van der Waals surface area contributed by atoms with Crippen LogP contribution < -0.4 is 0 Å². The summed E-state index contributed by atoms with van der Waals surface area (Å²) in [5.41, 5.74) is 1.71. The zero-order valence-electron chi connectivity index (χ0n) is 17.4. The van der Waals surface area contributed by atoms with E-state index in [1.54, 1.807) is 45.9 Å². The van der Waals surface area contributed by atoms with Gasteiger partial charge >= 0.3 is 17.9 Å². The van der Waals surface area contributed by atoms with Crippen LogP contribution in [-0.4, -0.2) is 47.4 Å². The number of rotatable bonds is 3. The summed E-state index contributed by atoms with van der Waals surface area (Å²) in [6.07, 6.45) is 1.71. The van der Waals surface area contributed by atoms with E-state index in [-0.39, 0.29) is 5.57 Å². The molecule has 1 saturated heterocycles. The Morgan fingerprint density at radius 1 is 1.24 bits per heavy atom. The van der Waals surface area contributed by atoms with Crippen molar-refractivity contribution in [3.8, 4) is 0 Å². The fourth-order valence-corrected chi connectivity index (χ4v) is 3.36. The SMILES string of the molecule is C=C1C(=O)O[C@@H]2/C=C(/C)[C@@H](OC(C)=O)C/C=C(/C)[C@@H](O)[C@@H](OC(=O)/C(C)=C\C)[C@@H]12. The Labute approximate surface area is 170 Å². The van der Waals surface area contributed by atoms with Crippen LogP contribution in [0.25, 0.3) is 0 Å². The van der Waals surface area contributed by atoms with Gasteiger partial charge in [0.25, 0.3) is 0 Å². The minimum Gasteiger partial charge on any atom is -0.458 e. The van der Waals surface area contributed by atoms with Crippen molar-refractivity contribution in [3.05, 3.63) is 47.1 Å². The van der Waals surface area contributed by atoms with Gasteiger partial charge in [-0.15, -0.1) is 0 Å². The second kappa shape index (κ2) is 9.22. The maximum absolute atomic E-state index is 12.4. The lowest BCUT2D eigenvalue weighted by Crippen LogP contribution is -2.43. The van der Waals surface area contributed by atoms with Crippen LogP contribution in [0.2, 0.25) is 0 Å². The third kappa shape index (κ3) is 5.03. The molecule has 1 N–H and O–H groups in total. The predicted octanol–water partition coefficient (Wildman–Crippen LogP) is 2.55. The highest BCUT2D eigenvalue weighted by Crippen LogP contribution is 2.37. The summed E-state index contributed by atoms with van der Waals surface area (Å²) in [6, 6.07) is 0. The molecule has 1 heterocycles. The van der Waals surface area contributed by atoms with E-state index in [1.165, 1.54) is 6.92 Å². The first-order valence-corrected chi connectivity index (χ1v) is 9.50. The van der Waals surface area contributed by atoms with Crippen LogP contribution >= 0.6 is 0 Å². The first-order valence-electron chi connectivity index (χ1n) is 9.50. The zero-order valence-corrected chi connectivity index (χ0v) is 17.4. The van der Waals surface area contributed by atoms with Crippen LogP contribution in [0.5, 0.6) is 0 Å². The van der Waals surface area contributed by atoms with Crippen LogP contribution in [0, 0.1) is 5.92 Å². The van der Waals surface area contributed by atoms with Crippen LogP contribution in [-0.2, 0) is 28.6 Å². The molecule has 2 rings (SSSR count). The largest absolute Gasteiger partial charge is 0.458 e. The van der Waals surface area contributed by atoms with Crippen LogP contribution in [0.1, 0.15) is 41.0 Å². The molecule has 0 saturated carbocycles. The van der Waals surface area contributed by atoms with E-state index in [9.17, 15) is 19.5 Å². The van der Waals surface area contributed by atoms with Crippen molar-refractivity contribution in [1.82, 2.24) is 0 Å². The number of hydrogen-bond donors (Lipinski definition) is 1. The molecule has 0 unspecified atom stereocenters. The summed E-state index contributed by atoms with van der Waals surface area (Å²) >= 11 is 0. The minimum atomic E-state index is -1.19. The lowest BCUT2D eigenvalue weighted by atomic mass is 9.83. The maximum Gasteiger partial charge on any atom is 0.334 e. The fraction of sp³-hybridized carbons (Fsp3) is 0.500. The molecule has 1 aliphatic heterocycles. The molecule has 0 amide bonds. The monoisotopic (exact) mass is 404 g/mol. The molecule has 158 valence electrons. The molecule has 29 heavy (non-hydrogen) atoms. The van der Waals surface area contributed by atoms with Gasteiger partial charge in [0, 0.05) is 24.5 Å². The molecule has 0 spiro atoms. The summed E-state index contributed by atoms with van der Waals surface area (Å²) in [5, 5.41) is 10.9. The van der Waals surface area contributed by atoms with Crippen molar-refractivity contribution in [2.24, 2.45) is 5.92 Å². The van der Waals surface area contributed by atoms with E-state index in [2.05, 4.69) is 6.58 Å². The average Bonchev–Trinajstić information content (AvgIpc) is 2.93. The smallest absolute Gasteiger partial charge is 0.334 e. The highest BCUT2D eigenvalue weighted by atomic mass is 16.6. The van der Waals surface area contributed by atoms with Crippen molar-refractivity contribution in [3.63, 3.8) is 0 Å². The minimum absolute atomic E-state index is 0.117. The number of ether oxygens (including phenoxy) is 3.